The smallest absolute Gasteiger partial charge is 0.137 e. The summed E-state index contributed by atoms with van der Waals surface area (Å²) in [5.74, 6) is 1.24. The van der Waals surface area contributed by atoms with Crippen LogP contribution in [0.5, 0.6) is 0 Å². The van der Waals surface area contributed by atoms with Crippen molar-refractivity contribution >= 4 is 33.8 Å². The van der Waals surface area contributed by atoms with Crippen LogP contribution in [0.25, 0.3) is 0 Å². The fraction of sp³-hybridized carbons (Fsp3) is 0.500. The number of aromatic nitrogens is 1. The number of rotatable bonds is 5. The van der Waals surface area contributed by atoms with Gasteiger partial charge in [-0.05, 0) is 32.4 Å². The van der Waals surface area contributed by atoms with Gasteiger partial charge in [0.25, 0.3) is 0 Å². The minimum absolute atomic E-state index is 0.0534. The van der Waals surface area contributed by atoms with E-state index in [1.165, 1.54) is 0 Å². The van der Waals surface area contributed by atoms with Gasteiger partial charge < -0.3 is 11.1 Å². The lowest BCUT2D eigenvalue weighted by molar-refractivity contribution is 0.683. The minimum atomic E-state index is -0.852. The molecule has 2 atom stereocenters. The van der Waals surface area contributed by atoms with E-state index in [1.807, 2.05) is 26.8 Å². The molecular formula is C12H19N3OS2. The van der Waals surface area contributed by atoms with Crippen molar-refractivity contribution in [3.05, 3.63) is 22.9 Å². The van der Waals surface area contributed by atoms with Gasteiger partial charge in [0.15, 0.2) is 0 Å². The maximum absolute atomic E-state index is 11.2. The van der Waals surface area contributed by atoms with Crippen LogP contribution in [0, 0.1) is 13.8 Å². The highest BCUT2D eigenvalue weighted by Crippen LogP contribution is 2.19. The molecule has 100 valence electrons. The van der Waals surface area contributed by atoms with E-state index in [0.29, 0.717) is 16.6 Å². The second-order valence-electron chi connectivity index (χ2n) is 4.45. The molecule has 1 aromatic heterocycles. The van der Waals surface area contributed by atoms with Gasteiger partial charge in [-0.3, -0.25) is 4.21 Å². The van der Waals surface area contributed by atoms with Crippen molar-refractivity contribution in [1.82, 2.24) is 4.98 Å². The average Bonchev–Trinajstić information content (AvgIpc) is 2.12. The first-order valence-corrected chi connectivity index (χ1v) is 7.79. The van der Waals surface area contributed by atoms with Crippen molar-refractivity contribution in [2.75, 3.05) is 17.3 Å². The van der Waals surface area contributed by atoms with Gasteiger partial charge in [-0.15, -0.1) is 0 Å². The molecule has 0 saturated carbocycles. The Hall–Kier alpha value is -1.01. The van der Waals surface area contributed by atoms with Gasteiger partial charge >= 0.3 is 0 Å². The second-order valence-corrected chi connectivity index (χ2v) is 6.37. The third kappa shape index (κ3) is 4.03. The molecule has 4 nitrogen and oxygen atoms in total. The first-order valence-electron chi connectivity index (χ1n) is 5.66. The first-order chi connectivity index (χ1) is 8.31. The molecule has 0 fully saturated rings. The Bertz CT molecular complexity index is 488. The van der Waals surface area contributed by atoms with Gasteiger partial charge in [0.1, 0.15) is 10.8 Å². The van der Waals surface area contributed by atoms with Crippen LogP contribution in [-0.2, 0) is 10.8 Å². The predicted octanol–water partition coefficient (Wildman–Crippen LogP) is 1.51. The van der Waals surface area contributed by atoms with E-state index in [0.717, 1.165) is 16.8 Å². The summed E-state index contributed by atoms with van der Waals surface area (Å²) >= 11 is 5.06. The van der Waals surface area contributed by atoms with Crippen LogP contribution < -0.4 is 11.1 Å². The van der Waals surface area contributed by atoms with E-state index >= 15 is 0 Å². The van der Waals surface area contributed by atoms with Gasteiger partial charge in [-0.1, -0.05) is 12.2 Å². The Morgan fingerprint density at radius 1 is 1.61 bits per heavy atom. The van der Waals surface area contributed by atoms with E-state index in [4.69, 9.17) is 18.0 Å². The van der Waals surface area contributed by atoms with Crippen LogP contribution >= 0.6 is 12.2 Å². The molecular weight excluding hydrogens is 266 g/mol. The number of nitrogens with one attached hydrogen (secondary N) is 1. The van der Waals surface area contributed by atoms with Crippen LogP contribution in [0.15, 0.2) is 6.07 Å². The number of hydrogen-bond donors (Lipinski definition) is 2. The van der Waals surface area contributed by atoms with Crippen molar-refractivity contribution in [2.24, 2.45) is 5.73 Å². The summed E-state index contributed by atoms with van der Waals surface area (Å²) in [5, 5.41) is 3.23. The number of aryl methyl sites for hydroxylation is 2. The monoisotopic (exact) mass is 285 g/mol. The second kappa shape index (κ2) is 6.24. The molecule has 0 bridgehead atoms. The van der Waals surface area contributed by atoms with E-state index in [1.54, 1.807) is 6.26 Å². The summed E-state index contributed by atoms with van der Waals surface area (Å²) in [5.41, 5.74) is 8.41. The maximum Gasteiger partial charge on any atom is 0.137 e. The number of hydrogen-bond acceptors (Lipinski definition) is 4. The SMILES string of the molecule is Cc1cc(C)c(C(N)=S)c(NC(C)CS(C)=O)n1. The molecule has 0 aliphatic rings. The molecule has 0 amide bonds. The molecule has 6 heteroatoms. The van der Waals surface area contributed by atoms with Crippen molar-refractivity contribution in [1.29, 1.82) is 0 Å². The Labute approximate surface area is 116 Å². The van der Waals surface area contributed by atoms with E-state index in [2.05, 4.69) is 10.3 Å². The van der Waals surface area contributed by atoms with Crippen LogP contribution in [0.2, 0.25) is 0 Å². The fourth-order valence-corrected chi connectivity index (χ4v) is 2.92. The minimum Gasteiger partial charge on any atom is -0.389 e. The van der Waals surface area contributed by atoms with Crippen molar-refractivity contribution in [3.8, 4) is 0 Å². The highest BCUT2D eigenvalue weighted by atomic mass is 32.2. The van der Waals surface area contributed by atoms with Gasteiger partial charge in [0.2, 0.25) is 0 Å². The molecule has 0 saturated heterocycles. The van der Waals surface area contributed by atoms with Crippen molar-refractivity contribution in [2.45, 2.75) is 26.8 Å². The molecule has 2 unspecified atom stereocenters. The molecule has 18 heavy (non-hydrogen) atoms. The summed E-state index contributed by atoms with van der Waals surface area (Å²) in [6.07, 6.45) is 1.68. The highest BCUT2D eigenvalue weighted by Gasteiger charge is 2.14. The normalized spacial score (nSPS) is 14.0. The number of anilines is 1. The van der Waals surface area contributed by atoms with Gasteiger partial charge in [0, 0.05) is 34.5 Å². The third-order valence-corrected chi connectivity index (χ3v) is 3.63. The van der Waals surface area contributed by atoms with Gasteiger partial charge in [0.05, 0.1) is 5.56 Å². The lowest BCUT2D eigenvalue weighted by atomic mass is 10.1. The van der Waals surface area contributed by atoms with Crippen molar-refractivity contribution in [3.63, 3.8) is 0 Å². The van der Waals surface area contributed by atoms with E-state index in [-0.39, 0.29) is 6.04 Å². The third-order valence-electron chi connectivity index (χ3n) is 2.46. The lowest BCUT2D eigenvalue weighted by Crippen LogP contribution is -2.26. The predicted molar refractivity (Wildman–Crippen MR) is 81.6 cm³/mol. The molecule has 1 heterocycles. The molecule has 0 aliphatic carbocycles. The summed E-state index contributed by atoms with van der Waals surface area (Å²) < 4.78 is 11.2. The Balaban J connectivity index is 3.07. The molecule has 1 aromatic rings. The van der Waals surface area contributed by atoms with Crippen molar-refractivity contribution < 1.29 is 4.21 Å². The summed E-state index contributed by atoms with van der Waals surface area (Å²) in [4.78, 5) is 4.75. The Morgan fingerprint density at radius 3 is 2.72 bits per heavy atom. The molecule has 0 aromatic carbocycles. The van der Waals surface area contributed by atoms with Gasteiger partial charge in [-0.25, -0.2) is 4.98 Å². The fourth-order valence-electron chi connectivity index (χ4n) is 1.88. The standard InChI is InChI=1S/C12H19N3OS2/c1-7-5-8(2)14-12(10(7)11(13)17)15-9(3)6-18(4)16/h5,9H,6H2,1-4H3,(H2,13,17)(H,14,15). The van der Waals surface area contributed by atoms with Gasteiger partial charge in [-0.2, -0.15) is 0 Å². The number of pyridine rings is 1. The van der Waals surface area contributed by atoms with Crippen LogP contribution in [0.1, 0.15) is 23.7 Å². The van der Waals surface area contributed by atoms with Crippen LogP contribution in [0.3, 0.4) is 0 Å². The lowest BCUT2D eigenvalue weighted by Gasteiger charge is -2.18. The van der Waals surface area contributed by atoms with E-state index in [9.17, 15) is 4.21 Å². The van der Waals surface area contributed by atoms with Crippen LogP contribution in [0.4, 0.5) is 5.82 Å². The summed E-state index contributed by atoms with van der Waals surface area (Å²) in [6.45, 7) is 5.84. The number of thiocarbonyl (C=S) groups is 1. The quantitative estimate of drug-likeness (QED) is 0.803. The Kier molecular flexibility index (Phi) is 5.22. The summed E-state index contributed by atoms with van der Waals surface area (Å²) in [6, 6.07) is 2.00. The number of nitrogens with two attached hydrogens (primary N) is 1. The molecule has 0 spiro atoms. The molecule has 0 aliphatic heterocycles. The molecule has 3 N–H and O–H groups in total. The zero-order chi connectivity index (χ0) is 13.9. The zero-order valence-electron chi connectivity index (χ0n) is 11.1. The molecule has 1 rings (SSSR count). The first kappa shape index (κ1) is 15.0. The highest BCUT2D eigenvalue weighted by molar-refractivity contribution is 7.84. The average molecular weight is 285 g/mol. The maximum atomic E-state index is 11.2. The Morgan fingerprint density at radius 2 is 2.22 bits per heavy atom. The molecule has 0 radical (unpaired) electrons. The summed E-state index contributed by atoms with van der Waals surface area (Å²) in [7, 11) is -0.852. The number of nitrogens with zero attached hydrogens (tertiary/aromatic N) is 1. The van der Waals surface area contributed by atoms with E-state index < -0.39 is 10.8 Å². The van der Waals surface area contributed by atoms with Crippen LogP contribution in [-0.4, -0.2) is 32.2 Å². The largest absolute Gasteiger partial charge is 0.389 e. The topological polar surface area (TPSA) is 68.0 Å². The zero-order valence-corrected chi connectivity index (χ0v) is 12.7.